The van der Waals surface area contributed by atoms with Crippen LogP contribution >= 0.6 is 0 Å². The Balaban J connectivity index is 1.43. The molecular formula is C21H21F3N3O2+. The summed E-state index contributed by atoms with van der Waals surface area (Å²) in [6.45, 7) is 4.72. The maximum absolute atomic E-state index is 13.0. The van der Waals surface area contributed by atoms with Crippen molar-refractivity contribution in [2.75, 3.05) is 42.6 Å². The predicted molar refractivity (Wildman–Crippen MR) is 102 cm³/mol. The van der Waals surface area contributed by atoms with Crippen LogP contribution in [0.2, 0.25) is 0 Å². The normalized spacial score (nSPS) is 17.8. The highest BCUT2D eigenvalue weighted by Gasteiger charge is 2.38. The number of aryl methyl sites for hydroxylation is 1. The molecule has 2 aromatic carbocycles. The van der Waals surface area contributed by atoms with Crippen LogP contribution in [0.25, 0.3) is 0 Å². The van der Waals surface area contributed by atoms with Gasteiger partial charge in [-0.3, -0.25) is 14.5 Å². The van der Waals surface area contributed by atoms with E-state index in [1.54, 1.807) is 18.2 Å². The number of nitrogens with zero attached hydrogens (tertiary/aromatic N) is 2. The Morgan fingerprint density at radius 2 is 1.76 bits per heavy atom. The second-order valence-corrected chi connectivity index (χ2v) is 7.53. The molecule has 0 atom stereocenters. The maximum Gasteiger partial charge on any atom is 0.416 e. The Bertz CT molecular complexity index is 966. The van der Waals surface area contributed by atoms with E-state index in [0.717, 1.165) is 16.5 Å². The smallest absolute Gasteiger partial charge is 0.360 e. The number of halogens is 3. The van der Waals surface area contributed by atoms with E-state index in [0.29, 0.717) is 49.8 Å². The minimum absolute atomic E-state index is 0.372. The molecule has 1 amide bonds. The van der Waals surface area contributed by atoms with Gasteiger partial charge in [-0.05, 0) is 37.3 Å². The zero-order valence-electron chi connectivity index (χ0n) is 15.9. The highest BCUT2D eigenvalue weighted by Crippen LogP contribution is 2.32. The third-order valence-corrected chi connectivity index (χ3v) is 5.52. The number of fused-ring (bicyclic) bond motifs is 1. The number of amides is 1. The first kappa shape index (κ1) is 19.4. The number of anilines is 2. The molecule has 2 heterocycles. The molecule has 0 aromatic heterocycles. The highest BCUT2D eigenvalue weighted by molar-refractivity contribution is 6.52. The molecule has 2 aliphatic heterocycles. The quantitative estimate of drug-likeness (QED) is 0.795. The number of alkyl halides is 3. The molecule has 4 rings (SSSR count). The summed E-state index contributed by atoms with van der Waals surface area (Å²) >= 11 is 0. The number of carbonyl (C=O) groups excluding carboxylic acids is 2. The molecule has 1 saturated heterocycles. The monoisotopic (exact) mass is 404 g/mol. The third kappa shape index (κ3) is 3.72. The van der Waals surface area contributed by atoms with Crippen molar-refractivity contribution in [3.8, 4) is 0 Å². The van der Waals surface area contributed by atoms with Crippen LogP contribution in [0.4, 0.5) is 24.5 Å². The first-order chi connectivity index (χ1) is 13.7. The molecule has 0 aliphatic carbocycles. The summed E-state index contributed by atoms with van der Waals surface area (Å²) < 4.78 is 38.9. The number of carbonyl (C=O) groups is 2. The van der Waals surface area contributed by atoms with Crippen LogP contribution in [0.5, 0.6) is 0 Å². The minimum atomic E-state index is -4.36. The molecule has 8 heteroatoms. The van der Waals surface area contributed by atoms with Crippen molar-refractivity contribution in [2.45, 2.75) is 13.1 Å². The summed E-state index contributed by atoms with van der Waals surface area (Å²) in [5.74, 6) is -0.996. The lowest BCUT2D eigenvalue weighted by molar-refractivity contribution is -0.899. The van der Waals surface area contributed by atoms with Gasteiger partial charge in [-0.25, -0.2) is 0 Å². The number of piperazine rings is 1. The standard InChI is InChI=1S/C21H20F3N3O2/c1-14-5-6-18-17(11-14)19(28)20(29)27(18)13-25-7-9-26(10-8-25)16-4-2-3-15(12-16)21(22,23)24/h2-6,11-12H,7-10,13H2,1H3/p+1. The fourth-order valence-corrected chi connectivity index (χ4v) is 3.91. The highest BCUT2D eigenvalue weighted by atomic mass is 19.4. The van der Waals surface area contributed by atoms with E-state index in [9.17, 15) is 22.8 Å². The fourth-order valence-electron chi connectivity index (χ4n) is 3.91. The van der Waals surface area contributed by atoms with E-state index < -0.39 is 23.4 Å². The van der Waals surface area contributed by atoms with Gasteiger partial charge in [0, 0.05) is 5.69 Å². The molecule has 1 N–H and O–H groups in total. The molecule has 5 nitrogen and oxygen atoms in total. The molecule has 0 spiro atoms. The number of benzene rings is 2. The van der Waals surface area contributed by atoms with Gasteiger partial charge in [-0.1, -0.05) is 17.7 Å². The Morgan fingerprint density at radius 3 is 2.45 bits per heavy atom. The summed E-state index contributed by atoms with van der Waals surface area (Å²) in [7, 11) is 0. The van der Waals surface area contributed by atoms with Crippen LogP contribution in [-0.2, 0) is 11.0 Å². The molecule has 29 heavy (non-hydrogen) atoms. The van der Waals surface area contributed by atoms with E-state index >= 15 is 0 Å². The Kier molecular flexibility index (Phi) is 4.82. The lowest BCUT2D eigenvalue weighted by Gasteiger charge is -2.35. The zero-order valence-corrected chi connectivity index (χ0v) is 15.9. The number of quaternary nitrogens is 1. The van der Waals surface area contributed by atoms with Crippen LogP contribution in [-0.4, -0.2) is 44.5 Å². The number of nitrogens with one attached hydrogen (secondary N) is 1. The molecule has 2 aromatic rings. The molecular weight excluding hydrogens is 383 g/mol. The summed E-state index contributed by atoms with van der Waals surface area (Å²) in [5, 5.41) is 0. The van der Waals surface area contributed by atoms with Crippen LogP contribution in [0, 0.1) is 6.92 Å². The van der Waals surface area contributed by atoms with Gasteiger partial charge in [-0.15, -0.1) is 0 Å². The van der Waals surface area contributed by atoms with Crippen molar-refractivity contribution in [1.29, 1.82) is 0 Å². The Hall–Kier alpha value is -2.87. The van der Waals surface area contributed by atoms with E-state index in [2.05, 4.69) is 0 Å². The molecule has 152 valence electrons. The van der Waals surface area contributed by atoms with Gasteiger partial charge in [0.25, 0.3) is 5.78 Å². The number of rotatable bonds is 3. The second-order valence-electron chi connectivity index (χ2n) is 7.53. The van der Waals surface area contributed by atoms with Crippen molar-refractivity contribution in [3.05, 3.63) is 59.2 Å². The first-order valence-electron chi connectivity index (χ1n) is 9.46. The molecule has 2 aliphatic rings. The topological polar surface area (TPSA) is 45.1 Å². The molecule has 0 saturated carbocycles. The lowest BCUT2D eigenvalue weighted by atomic mass is 10.1. The predicted octanol–water partition coefficient (Wildman–Crippen LogP) is 1.91. The van der Waals surface area contributed by atoms with Gasteiger partial charge in [0.15, 0.2) is 6.67 Å². The van der Waals surface area contributed by atoms with E-state index in [-0.39, 0.29) is 0 Å². The first-order valence-corrected chi connectivity index (χ1v) is 9.46. The number of Topliss-reactive ketones (excluding diaryl/α,β-unsaturated/α-hetero) is 1. The van der Waals surface area contributed by atoms with Gasteiger partial charge in [0.2, 0.25) is 0 Å². The zero-order chi connectivity index (χ0) is 20.8. The van der Waals surface area contributed by atoms with Crippen LogP contribution in [0.3, 0.4) is 0 Å². The van der Waals surface area contributed by atoms with Gasteiger partial charge < -0.3 is 9.80 Å². The summed E-state index contributed by atoms with van der Waals surface area (Å²) in [4.78, 5) is 29.2. The second kappa shape index (κ2) is 7.18. The van der Waals surface area contributed by atoms with Gasteiger partial charge in [0.05, 0.1) is 43.0 Å². The van der Waals surface area contributed by atoms with Crippen LogP contribution < -0.4 is 14.7 Å². The van der Waals surface area contributed by atoms with Crippen molar-refractivity contribution < 1.29 is 27.7 Å². The Labute approximate surface area is 166 Å². The van der Waals surface area contributed by atoms with Crippen molar-refractivity contribution in [2.24, 2.45) is 0 Å². The third-order valence-electron chi connectivity index (χ3n) is 5.52. The summed E-state index contributed by atoms with van der Waals surface area (Å²) in [6, 6.07) is 10.7. The summed E-state index contributed by atoms with van der Waals surface area (Å²) in [5.41, 5.74) is 1.90. The van der Waals surface area contributed by atoms with Gasteiger partial charge in [-0.2, -0.15) is 13.2 Å². The fraction of sp³-hybridized carbons (Fsp3) is 0.333. The van der Waals surface area contributed by atoms with Gasteiger partial charge >= 0.3 is 12.1 Å². The molecule has 0 bridgehead atoms. The number of hydrogen-bond acceptors (Lipinski definition) is 3. The van der Waals surface area contributed by atoms with Gasteiger partial charge in [0.1, 0.15) is 0 Å². The number of hydrogen-bond donors (Lipinski definition) is 1. The van der Waals surface area contributed by atoms with E-state index in [4.69, 9.17) is 0 Å². The van der Waals surface area contributed by atoms with E-state index in [1.807, 2.05) is 17.9 Å². The lowest BCUT2D eigenvalue weighted by Crippen LogP contribution is -3.16. The maximum atomic E-state index is 13.0. The average molecular weight is 404 g/mol. The van der Waals surface area contributed by atoms with Crippen molar-refractivity contribution >= 4 is 23.1 Å². The Morgan fingerprint density at radius 1 is 1.03 bits per heavy atom. The van der Waals surface area contributed by atoms with Crippen molar-refractivity contribution in [3.63, 3.8) is 0 Å². The summed E-state index contributed by atoms with van der Waals surface area (Å²) in [6.07, 6.45) is -4.36. The largest absolute Gasteiger partial charge is 0.416 e. The molecule has 0 unspecified atom stereocenters. The SMILES string of the molecule is Cc1ccc2c(c1)C(=O)C(=O)N2C[NH+]1CCN(c2cccc(C(F)(F)F)c2)CC1. The average Bonchev–Trinajstić information content (AvgIpc) is 2.92. The van der Waals surface area contributed by atoms with E-state index in [1.165, 1.54) is 17.0 Å². The van der Waals surface area contributed by atoms with Crippen molar-refractivity contribution in [1.82, 2.24) is 0 Å². The van der Waals surface area contributed by atoms with Crippen LogP contribution in [0.1, 0.15) is 21.5 Å². The minimum Gasteiger partial charge on any atom is -0.360 e. The molecule has 0 radical (unpaired) electrons. The number of ketones is 1. The van der Waals surface area contributed by atoms with Crippen LogP contribution in [0.15, 0.2) is 42.5 Å². The molecule has 1 fully saturated rings.